The summed E-state index contributed by atoms with van der Waals surface area (Å²) in [4.78, 5) is 3.74. The highest BCUT2D eigenvalue weighted by molar-refractivity contribution is 5.47. The zero-order valence-electron chi connectivity index (χ0n) is 6.58. The molecule has 0 aliphatic carbocycles. The number of morpholine rings is 1. The maximum atomic E-state index is 5.01. The lowest BCUT2D eigenvalue weighted by Gasteiger charge is -2.10. The van der Waals surface area contributed by atoms with Crippen molar-refractivity contribution in [2.45, 2.75) is 0 Å². The summed E-state index contributed by atoms with van der Waals surface area (Å²) in [5, 5.41) is 3.16. The topological polar surface area (TPSA) is 42.9 Å². The van der Waals surface area contributed by atoms with Gasteiger partial charge in [-0.25, -0.2) is 0 Å². The van der Waals surface area contributed by atoms with Crippen LogP contribution in [0.4, 0.5) is 0 Å². The summed E-state index contributed by atoms with van der Waals surface area (Å²) in [6.07, 6.45) is 1.49. The van der Waals surface area contributed by atoms with E-state index in [1.165, 1.54) is 6.40 Å². The fourth-order valence-corrected chi connectivity index (χ4v) is 0.779. The van der Waals surface area contributed by atoms with Crippen molar-refractivity contribution in [3.8, 4) is 0 Å². The van der Waals surface area contributed by atoms with Gasteiger partial charge in [0.1, 0.15) is 6.61 Å². The molecule has 2 rings (SSSR count). The predicted molar refractivity (Wildman–Crippen MR) is 43.0 cm³/mol. The van der Waals surface area contributed by atoms with Crippen LogP contribution in [-0.2, 0) is 9.47 Å². The fraction of sp³-hybridized carbons (Fsp3) is 0.857. The van der Waals surface area contributed by atoms with Crippen LogP contribution >= 0.6 is 0 Å². The molecule has 0 bridgehead atoms. The van der Waals surface area contributed by atoms with Gasteiger partial charge in [0.15, 0.2) is 6.40 Å². The summed E-state index contributed by atoms with van der Waals surface area (Å²) in [5.41, 5.74) is 0. The minimum atomic E-state index is 0.778. The van der Waals surface area contributed by atoms with Crippen molar-refractivity contribution in [3.63, 3.8) is 0 Å². The molecule has 11 heavy (non-hydrogen) atoms. The number of hydrogen-bond donors (Lipinski definition) is 1. The SMILES string of the molecule is C1=NCCO1.C1COCCN1. The van der Waals surface area contributed by atoms with Gasteiger partial charge in [0, 0.05) is 13.1 Å². The van der Waals surface area contributed by atoms with Crippen LogP contribution in [0.15, 0.2) is 4.99 Å². The van der Waals surface area contributed by atoms with Crippen LogP contribution in [0.3, 0.4) is 0 Å². The third-order valence-corrected chi connectivity index (χ3v) is 1.33. The second-order valence-corrected chi connectivity index (χ2v) is 2.24. The van der Waals surface area contributed by atoms with E-state index in [1.807, 2.05) is 0 Å². The summed E-state index contributed by atoms with van der Waals surface area (Å²) < 4.78 is 9.66. The number of nitrogens with zero attached hydrogens (tertiary/aromatic N) is 1. The van der Waals surface area contributed by atoms with Gasteiger partial charge in [-0.2, -0.15) is 0 Å². The second-order valence-electron chi connectivity index (χ2n) is 2.24. The van der Waals surface area contributed by atoms with Crippen LogP contribution in [0.25, 0.3) is 0 Å². The van der Waals surface area contributed by atoms with Gasteiger partial charge in [-0.05, 0) is 0 Å². The van der Waals surface area contributed by atoms with Crippen molar-refractivity contribution in [1.82, 2.24) is 5.32 Å². The van der Waals surface area contributed by atoms with E-state index in [4.69, 9.17) is 4.74 Å². The Morgan fingerprint density at radius 3 is 2.18 bits per heavy atom. The van der Waals surface area contributed by atoms with Crippen LogP contribution in [0.2, 0.25) is 0 Å². The summed E-state index contributed by atoms with van der Waals surface area (Å²) >= 11 is 0. The Labute approximate surface area is 66.6 Å². The first-order valence-electron chi connectivity index (χ1n) is 3.88. The van der Waals surface area contributed by atoms with E-state index in [0.717, 1.165) is 39.5 Å². The first-order valence-corrected chi connectivity index (χ1v) is 3.88. The standard InChI is InChI=1S/C4H9NO.C3H5NO/c1-3-6-4-2-5-1;1-2-5-3-4-1/h5H,1-4H2;3H,1-2H2. The first-order chi connectivity index (χ1) is 5.50. The number of ether oxygens (including phenoxy) is 2. The van der Waals surface area contributed by atoms with Gasteiger partial charge in [-0.15, -0.1) is 0 Å². The molecule has 0 atom stereocenters. The Morgan fingerprint density at radius 2 is 2.00 bits per heavy atom. The monoisotopic (exact) mass is 158 g/mol. The molecule has 2 aliphatic rings. The van der Waals surface area contributed by atoms with Crippen molar-refractivity contribution >= 4 is 6.40 Å². The van der Waals surface area contributed by atoms with Crippen LogP contribution in [-0.4, -0.2) is 45.9 Å². The molecule has 0 unspecified atom stereocenters. The number of hydrogen-bond acceptors (Lipinski definition) is 4. The first kappa shape index (κ1) is 8.49. The summed E-state index contributed by atoms with van der Waals surface area (Å²) in [7, 11) is 0. The number of rotatable bonds is 0. The van der Waals surface area contributed by atoms with Crippen molar-refractivity contribution in [2.24, 2.45) is 4.99 Å². The van der Waals surface area contributed by atoms with Gasteiger partial charge in [0.25, 0.3) is 0 Å². The molecule has 0 amide bonds. The molecule has 1 N–H and O–H groups in total. The molecule has 0 saturated carbocycles. The van der Waals surface area contributed by atoms with E-state index in [1.54, 1.807) is 0 Å². The van der Waals surface area contributed by atoms with Crippen molar-refractivity contribution in [1.29, 1.82) is 0 Å². The molecule has 2 aliphatic heterocycles. The Morgan fingerprint density at radius 1 is 1.18 bits per heavy atom. The van der Waals surface area contributed by atoms with Crippen molar-refractivity contribution in [3.05, 3.63) is 0 Å². The Kier molecular flexibility index (Phi) is 4.72. The van der Waals surface area contributed by atoms with Gasteiger partial charge in [-0.1, -0.05) is 0 Å². The molecule has 0 aromatic heterocycles. The molecule has 64 valence electrons. The fourth-order valence-electron chi connectivity index (χ4n) is 0.779. The van der Waals surface area contributed by atoms with E-state index in [2.05, 4.69) is 15.0 Å². The van der Waals surface area contributed by atoms with E-state index in [-0.39, 0.29) is 0 Å². The van der Waals surface area contributed by atoms with Crippen molar-refractivity contribution in [2.75, 3.05) is 39.5 Å². The molecule has 1 fully saturated rings. The molecule has 0 aromatic rings. The molecule has 2 heterocycles. The molecule has 1 saturated heterocycles. The highest BCUT2D eigenvalue weighted by atomic mass is 16.5. The molecule has 4 heteroatoms. The highest BCUT2D eigenvalue weighted by Crippen LogP contribution is 1.78. The zero-order valence-corrected chi connectivity index (χ0v) is 6.58. The van der Waals surface area contributed by atoms with Crippen LogP contribution < -0.4 is 5.32 Å². The second kappa shape index (κ2) is 6.12. The molecule has 0 spiro atoms. The lowest BCUT2D eigenvalue weighted by molar-refractivity contribution is 0.109. The minimum Gasteiger partial charge on any atom is -0.482 e. The maximum absolute atomic E-state index is 5.01. The van der Waals surface area contributed by atoms with E-state index in [0.29, 0.717) is 0 Å². The summed E-state index contributed by atoms with van der Waals surface area (Å²) in [5.74, 6) is 0. The molecule has 0 aromatic carbocycles. The average molecular weight is 158 g/mol. The number of aliphatic imine (C=N–C) groups is 1. The van der Waals surface area contributed by atoms with E-state index < -0.39 is 0 Å². The normalized spacial score (nSPS) is 21.8. The Balaban J connectivity index is 0.000000112. The van der Waals surface area contributed by atoms with Crippen molar-refractivity contribution < 1.29 is 9.47 Å². The van der Waals surface area contributed by atoms with Crippen LogP contribution in [0, 0.1) is 0 Å². The lowest BCUT2D eigenvalue weighted by Crippen LogP contribution is -2.30. The smallest absolute Gasteiger partial charge is 0.169 e. The van der Waals surface area contributed by atoms with Gasteiger partial charge < -0.3 is 14.8 Å². The lowest BCUT2D eigenvalue weighted by atomic mass is 10.5. The minimum absolute atomic E-state index is 0.778. The molecule has 0 radical (unpaired) electrons. The average Bonchev–Trinajstić information content (AvgIpc) is 2.64. The van der Waals surface area contributed by atoms with Gasteiger partial charge in [0.2, 0.25) is 0 Å². The molecular formula is C7H14N2O2. The Bertz CT molecular complexity index is 95.5. The highest BCUT2D eigenvalue weighted by Gasteiger charge is 1.92. The summed E-state index contributed by atoms with van der Waals surface area (Å²) in [6.45, 7) is 5.46. The maximum Gasteiger partial charge on any atom is 0.169 e. The van der Waals surface area contributed by atoms with Gasteiger partial charge in [-0.3, -0.25) is 4.99 Å². The van der Waals surface area contributed by atoms with E-state index >= 15 is 0 Å². The largest absolute Gasteiger partial charge is 0.482 e. The Hall–Kier alpha value is -0.610. The van der Waals surface area contributed by atoms with Gasteiger partial charge >= 0.3 is 0 Å². The van der Waals surface area contributed by atoms with Crippen LogP contribution in [0.5, 0.6) is 0 Å². The third-order valence-electron chi connectivity index (χ3n) is 1.33. The quantitative estimate of drug-likeness (QED) is 0.524. The molecular weight excluding hydrogens is 144 g/mol. The third kappa shape index (κ3) is 4.75. The predicted octanol–water partition coefficient (Wildman–Crippen LogP) is -0.349. The molecule has 4 nitrogen and oxygen atoms in total. The van der Waals surface area contributed by atoms with Gasteiger partial charge in [0.05, 0.1) is 19.8 Å². The van der Waals surface area contributed by atoms with Crippen LogP contribution in [0.1, 0.15) is 0 Å². The van der Waals surface area contributed by atoms with E-state index in [9.17, 15) is 0 Å². The number of nitrogens with one attached hydrogen (secondary N) is 1. The zero-order chi connectivity index (χ0) is 7.78. The summed E-state index contributed by atoms with van der Waals surface area (Å²) in [6, 6.07) is 0.